The van der Waals surface area contributed by atoms with Crippen molar-refractivity contribution in [1.82, 2.24) is 4.31 Å². The predicted molar refractivity (Wildman–Crippen MR) is 87.3 cm³/mol. The van der Waals surface area contributed by atoms with Crippen molar-refractivity contribution in [2.75, 3.05) is 19.8 Å². The van der Waals surface area contributed by atoms with Gasteiger partial charge in [0, 0.05) is 30.9 Å². The van der Waals surface area contributed by atoms with E-state index in [2.05, 4.69) is 0 Å². The number of rotatable bonds is 4. The summed E-state index contributed by atoms with van der Waals surface area (Å²) in [4.78, 5) is 11.6. The van der Waals surface area contributed by atoms with Gasteiger partial charge in [0.25, 0.3) is 5.24 Å². The minimum absolute atomic E-state index is 0.0911. The average molecular weight is 339 g/mol. The summed E-state index contributed by atoms with van der Waals surface area (Å²) in [6.45, 7) is 0. The van der Waals surface area contributed by atoms with Gasteiger partial charge in [0.15, 0.2) is 0 Å². The Morgan fingerprint density at radius 2 is 1.73 bits per heavy atom. The van der Waals surface area contributed by atoms with E-state index in [9.17, 15) is 13.2 Å². The Balaban J connectivity index is 2.60. The SMILES string of the molecule is CN(C)S(=O)(=O)c1ccc(-c2ccccc2C(=O)Cl)c(N)c1. The molecule has 7 heteroatoms. The van der Waals surface area contributed by atoms with E-state index in [4.69, 9.17) is 17.3 Å². The van der Waals surface area contributed by atoms with E-state index < -0.39 is 15.3 Å². The molecule has 0 heterocycles. The Hall–Kier alpha value is -1.89. The third kappa shape index (κ3) is 2.99. The van der Waals surface area contributed by atoms with Crippen molar-refractivity contribution >= 4 is 32.6 Å². The number of anilines is 1. The number of hydrogen-bond donors (Lipinski definition) is 1. The molecule has 2 aromatic carbocycles. The van der Waals surface area contributed by atoms with Crippen molar-refractivity contribution in [2.45, 2.75) is 4.90 Å². The fourth-order valence-electron chi connectivity index (χ4n) is 2.05. The molecule has 0 bridgehead atoms. The van der Waals surface area contributed by atoms with Crippen LogP contribution in [-0.4, -0.2) is 32.1 Å². The standard InChI is InChI=1S/C15H15ClN2O3S/c1-18(2)22(20,21)10-7-8-12(14(17)9-10)11-5-3-4-6-13(11)15(16)19/h3-9H,17H2,1-2H3. The summed E-state index contributed by atoms with van der Waals surface area (Å²) in [5.41, 5.74) is 7.68. The van der Waals surface area contributed by atoms with Gasteiger partial charge in [-0.15, -0.1) is 0 Å². The molecule has 22 heavy (non-hydrogen) atoms. The highest BCUT2D eigenvalue weighted by molar-refractivity contribution is 7.89. The lowest BCUT2D eigenvalue weighted by molar-refractivity contribution is 0.108. The first-order valence-corrected chi connectivity index (χ1v) is 8.18. The highest BCUT2D eigenvalue weighted by Gasteiger charge is 2.19. The molecule has 2 aromatic rings. The molecule has 0 spiro atoms. The Labute approximate surface area is 134 Å². The van der Waals surface area contributed by atoms with E-state index in [1.54, 1.807) is 30.3 Å². The van der Waals surface area contributed by atoms with Crippen LogP contribution in [0.3, 0.4) is 0 Å². The number of nitrogen functional groups attached to an aromatic ring is 1. The number of nitrogens with two attached hydrogens (primary N) is 1. The third-order valence-electron chi connectivity index (χ3n) is 3.23. The maximum Gasteiger partial charge on any atom is 0.253 e. The van der Waals surface area contributed by atoms with Crippen LogP contribution in [0.1, 0.15) is 10.4 Å². The largest absolute Gasteiger partial charge is 0.398 e. The smallest absolute Gasteiger partial charge is 0.253 e. The van der Waals surface area contributed by atoms with Gasteiger partial charge in [-0.1, -0.05) is 24.3 Å². The van der Waals surface area contributed by atoms with E-state index in [1.807, 2.05) is 0 Å². The molecule has 0 saturated carbocycles. The van der Waals surface area contributed by atoms with E-state index in [0.717, 1.165) is 4.31 Å². The van der Waals surface area contributed by atoms with Crippen molar-refractivity contribution in [3.8, 4) is 11.1 Å². The van der Waals surface area contributed by atoms with Crippen LogP contribution >= 0.6 is 11.6 Å². The molecule has 0 unspecified atom stereocenters. The molecule has 2 rings (SSSR count). The Morgan fingerprint density at radius 1 is 1.09 bits per heavy atom. The Kier molecular flexibility index (Phi) is 4.55. The number of halogens is 1. The summed E-state index contributed by atoms with van der Waals surface area (Å²) < 4.78 is 25.3. The third-order valence-corrected chi connectivity index (χ3v) is 5.25. The molecule has 0 atom stereocenters. The van der Waals surface area contributed by atoms with Gasteiger partial charge in [-0.3, -0.25) is 4.79 Å². The van der Waals surface area contributed by atoms with Crippen LogP contribution in [0.25, 0.3) is 11.1 Å². The van der Waals surface area contributed by atoms with Gasteiger partial charge in [0.2, 0.25) is 10.0 Å². The van der Waals surface area contributed by atoms with Crippen molar-refractivity contribution in [3.05, 3.63) is 48.0 Å². The Morgan fingerprint density at radius 3 is 2.27 bits per heavy atom. The van der Waals surface area contributed by atoms with E-state index in [1.165, 1.54) is 26.2 Å². The fraction of sp³-hybridized carbons (Fsp3) is 0.133. The van der Waals surface area contributed by atoms with Crippen molar-refractivity contribution in [3.63, 3.8) is 0 Å². The van der Waals surface area contributed by atoms with Gasteiger partial charge in [-0.05, 0) is 35.4 Å². The first kappa shape index (κ1) is 16.5. The highest BCUT2D eigenvalue weighted by Crippen LogP contribution is 2.31. The molecular weight excluding hydrogens is 324 g/mol. The Bertz CT molecular complexity index is 832. The van der Waals surface area contributed by atoms with Crippen LogP contribution < -0.4 is 5.73 Å². The van der Waals surface area contributed by atoms with E-state index in [0.29, 0.717) is 16.7 Å². The molecule has 0 amide bonds. The molecule has 2 N–H and O–H groups in total. The number of benzene rings is 2. The number of sulfonamides is 1. The van der Waals surface area contributed by atoms with Crippen LogP contribution in [0.2, 0.25) is 0 Å². The minimum Gasteiger partial charge on any atom is -0.398 e. The van der Waals surface area contributed by atoms with Crippen molar-refractivity contribution in [2.24, 2.45) is 0 Å². The summed E-state index contributed by atoms with van der Waals surface area (Å²) >= 11 is 5.57. The molecule has 0 aliphatic rings. The van der Waals surface area contributed by atoms with Crippen molar-refractivity contribution in [1.29, 1.82) is 0 Å². The quantitative estimate of drug-likeness (QED) is 0.686. The summed E-state index contributed by atoms with van der Waals surface area (Å²) in [7, 11) is -0.674. The van der Waals surface area contributed by atoms with Gasteiger partial charge in [-0.2, -0.15) is 0 Å². The maximum absolute atomic E-state index is 12.1. The molecule has 116 valence electrons. The van der Waals surface area contributed by atoms with Crippen LogP contribution in [0.4, 0.5) is 5.69 Å². The second-order valence-corrected chi connectivity index (χ2v) is 7.35. The minimum atomic E-state index is -3.56. The van der Waals surface area contributed by atoms with Gasteiger partial charge >= 0.3 is 0 Å². The molecular formula is C15H15ClN2O3S. The zero-order valence-corrected chi connectivity index (χ0v) is 13.6. The lowest BCUT2D eigenvalue weighted by atomic mass is 9.99. The number of carbonyl (C=O) groups is 1. The van der Waals surface area contributed by atoms with Crippen LogP contribution in [0, 0.1) is 0 Å². The van der Waals surface area contributed by atoms with Gasteiger partial charge < -0.3 is 5.73 Å². The van der Waals surface area contributed by atoms with E-state index >= 15 is 0 Å². The molecule has 0 aromatic heterocycles. The zero-order valence-electron chi connectivity index (χ0n) is 12.1. The summed E-state index contributed by atoms with van der Waals surface area (Å²) in [6, 6.07) is 11.2. The lowest BCUT2D eigenvalue weighted by Crippen LogP contribution is -2.22. The number of hydrogen-bond acceptors (Lipinski definition) is 4. The van der Waals surface area contributed by atoms with Crippen LogP contribution in [-0.2, 0) is 10.0 Å². The topological polar surface area (TPSA) is 80.5 Å². The monoisotopic (exact) mass is 338 g/mol. The first-order chi connectivity index (χ1) is 10.2. The molecule has 0 aliphatic heterocycles. The first-order valence-electron chi connectivity index (χ1n) is 6.36. The summed E-state index contributed by atoms with van der Waals surface area (Å²) in [5.74, 6) is 0. The summed E-state index contributed by atoms with van der Waals surface area (Å²) in [5, 5.41) is -0.597. The average Bonchev–Trinajstić information content (AvgIpc) is 2.46. The lowest BCUT2D eigenvalue weighted by Gasteiger charge is -2.14. The number of carbonyl (C=O) groups excluding carboxylic acids is 1. The highest BCUT2D eigenvalue weighted by atomic mass is 35.5. The van der Waals surface area contributed by atoms with Gasteiger partial charge in [0.05, 0.1) is 4.90 Å². The molecule has 5 nitrogen and oxygen atoms in total. The zero-order chi connectivity index (χ0) is 16.5. The normalized spacial score (nSPS) is 11.6. The molecule has 0 saturated heterocycles. The molecule has 0 aliphatic carbocycles. The molecule has 0 radical (unpaired) electrons. The second-order valence-electron chi connectivity index (χ2n) is 4.86. The van der Waals surface area contributed by atoms with Crippen molar-refractivity contribution < 1.29 is 13.2 Å². The second kappa shape index (κ2) is 6.08. The fourth-order valence-corrected chi connectivity index (χ4v) is 3.15. The summed E-state index contributed by atoms with van der Waals surface area (Å²) in [6.07, 6.45) is 0. The molecule has 0 fully saturated rings. The van der Waals surface area contributed by atoms with E-state index in [-0.39, 0.29) is 10.6 Å². The predicted octanol–water partition coefficient (Wildman–Crippen LogP) is 2.57. The van der Waals surface area contributed by atoms with Crippen LogP contribution in [0.5, 0.6) is 0 Å². The maximum atomic E-state index is 12.1. The van der Waals surface area contributed by atoms with Crippen LogP contribution in [0.15, 0.2) is 47.4 Å². The number of nitrogens with zero attached hydrogens (tertiary/aromatic N) is 1. The van der Waals surface area contributed by atoms with Gasteiger partial charge in [0.1, 0.15) is 0 Å². The van der Waals surface area contributed by atoms with Gasteiger partial charge in [-0.25, -0.2) is 12.7 Å².